The van der Waals surface area contributed by atoms with E-state index in [1.54, 1.807) is 0 Å². The van der Waals surface area contributed by atoms with Crippen LogP contribution in [0.3, 0.4) is 0 Å². The fourth-order valence-corrected chi connectivity index (χ4v) is 2.21. The molecule has 6 heteroatoms. The van der Waals surface area contributed by atoms with Crippen LogP contribution >= 0.6 is 43.2 Å². The molecule has 0 aliphatic rings. The van der Waals surface area contributed by atoms with Crippen molar-refractivity contribution in [3.05, 3.63) is 27.1 Å². The molecule has 2 rings (SSSR count). The molecule has 2 N–H and O–H groups in total. The van der Waals surface area contributed by atoms with Crippen molar-refractivity contribution >= 4 is 48.3 Å². The van der Waals surface area contributed by atoms with E-state index in [2.05, 4.69) is 42.1 Å². The fourth-order valence-electron chi connectivity index (χ4n) is 0.980. The first-order valence-electron chi connectivity index (χ1n) is 3.71. The van der Waals surface area contributed by atoms with Crippen LogP contribution in [0, 0.1) is 0 Å². The predicted molar refractivity (Wildman–Crippen MR) is 65.2 cm³/mol. The first-order chi connectivity index (χ1) is 6.66. The third-order valence-corrected chi connectivity index (χ3v) is 4.29. The van der Waals surface area contributed by atoms with E-state index in [-0.39, 0.29) is 0 Å². The summed E-state index contributed by atoms with van der Waals surface area (Å²) in [5.41, 5.74) is 6.52. The Kier molecular flexibility index (Phi) is 2.85. The minimum absolute atomic E-state index is 0.485. The van der Waals surface area contributed by atoms with Crippen LogP contribution in [0.2, 0.25) is 0 Å². The molecule has 14 heavy (non-hydrogen) atoms. The summed E-state index contributed by atoms with van der Waals surface area (Å²) in [6, 6.07) is 5.90. The average Bonchev–Trinajstić information content (AvgIpc) is 2.57. The number of hydrogen-bond donors (Lipinski definition) is 1. The van der Waals surface area contributed by atoms with Gasteiger partial charge >= 0.3 is 0 Å². The van der Waals surface area contributed by atoms with Crippen LogP contribution in [0.15, 0.2) is 27.1 Å². The number of halogens is 2. The number of hydrogen-bond acceptors (Lipinski definition) is 4. The van der Waals surface area contributed by atoms with Crippen molar-refractivity contribution in [2.45, 2.75) is 0 Å². The number of anilines is 1. The van der Waals surface area contributed by atoms with Crippen LogP contribution in [0.25, 0.3) is 10.6 Å². The van der Waals surface area contributed by atoms with E-state index in [1.807, 2.05) is 18.2 Å². The van der Waals surface area contributed by atoms with Crippen LogP contribution in [0.5, 0.6) is 0 Å². The Balaban J connectivity index is 2.47. The zero-order valence-corrected chi connectivity index (χ0v) is 10.9. The summed E-state index contributed by atoms with van der Waals surface area (Å²) in [6.45, 7) is 0. The Morgan fingerprint density at radius 1 is 1.14 bits per heavy atom. The van der Waals surface area contributed by atoms with Gasteiger partial charge in [0.2, 0.25) is 5.13 Å². The molecule has 3 nitrogen and oxygen atoms in total. The number of nitrogen functional groups attached to an aromatic ring is 1. The lowest BCUT2D eigenvalue weighted by atomic mass is 10.2. The Morgan fingerprint density at radius 3 is 2.50 bits per heavy atom. The molecule has 2 aromatic rings. The van der Waals surface area contributed by atoms with Crippen LogP contribution in [-0.4, -0.2) is 10.2 Å². The van der Waals surface area contributed by atoms with Gasteiger partial charge in [-0.1, -0.05) is 17.4 Å². The van der Waals surface area contributed by atoms with E-state index in [0.29, 0.717) is 5.13 Å². The maximum Gasteiger partial charge on any atom is 0.203 e. The van der Waals surface area contributed by atoms with Crippen molar-refractivity contribution in [2.75, 3.05) is 5.73 Å². The van der Waals surface area contributed by atoms with Gasteiger partial charge in [0.25, 0.3) is 0 Å². The number of nitrogens with zero attached hydrogens (tertiary/aromatic N) is 2. The highest BCUT2D eigenvalue weighted by Crippen LogP contribution is 2.30. The number of nitrogens with two attached hydrogens (primary N) is 1. The van der Waals surface area contributed by atoms with Gasteiger partial charge in [-0.15, -0.1) is 10.2 Å². The number of aromatic nitrogens is 2. The largest absolute Gasteiger partial charge is 0.374 e. The van der Waals surface area contributed by atoms with Crippen molar-refractivity contribution in [2.24, 2.45) is 0 Å². The highest BCUT2D eigenvalue weighted by molar-refractivity contribution is 9.13. The average molecular weight is 335 g/mol. The van der Waals surface area contributed by atoms with Gasteiger partial charge < -0.3 is 5.73 Å². The molecule has 0 saturated heterocycles. The molecular formula is C8H5Br2N3S. The van der Waals surface area contributed by atoms with Gasteiger partial charge in [0.05, 0.1) is 0 Å². The summed E-state index contributed by atoms with van der Waals surface area (Å²) in [4.78, 5) is 0. The monoisotopic (exact) mass is 333 g/mol. The molecule has 1 aromatic carbocycles. The van der Waals surface area contributed by atoms with Gasteiger partial charge in [0.15, 0.2) is 0 Å². The quantitative estimate of drug-likeness (QED) is 0.870. The highest BCUT2D eigenvalue weighted by Gasteiger charge is 2.05. The first-order valence-corrected chi connectivity index (χ1v) is 6.11. The lowest BCUT2D eigenvalue weighted by Gasteiger charge is -1.98. The van der Waals surface area contributed by atoms with E-state index in [9.17, 15) is 0 Å². The zero-order chi connectivity index (χ0) is 10.1. The van der Waals surface area contributed by atoms with Gasteiger partial charge in [-0.3, -0.25) is 0 Å². The second-order valence-corrected chi connectivity index (χ2v) is 5.29. The Morgan fingerprint density at radius 2 is 1.93 bits per heavy atom. The van der Waals surface area contributed by atoms with Gasteiger partial charge in [-0.2, -0.15) is 0 Å². The third kappa shape index (κ3) is 1.97. The van der Waals surface area contributed by atoms with Crippen molar-refractivity contribution in [1.82, 2.24) is 10.2 Å². The molecule has 72 valence electrons. The van der Waals surface area contributed by atoms with Crippen LogP contribution in [0.1, 0.15) is 0 Å². The van der Waals surface area contributed by atoms with Crippen LogP contribution in [-0.2, 0) is 0 Å². The molecule has 0 saturated carbocycles. The summed E-state index contributed by atoms with van der Waals surface area (Å²) < 4.78 is 2.00. The lowest BCUT2D eigenvalue weighted by molar-refractivity contribution is 1.10. The maximum atomic E-state index is 5.51. The summed E-state index contributed by atoms with van der Waals surface area (Å²) >= 11 is 8.21. The summed E-state index contributed by atoms with van der Waals surface area (Å²) in [6.07, 6.45) is 0. The lowest BCUT2D eigenvalue weighted by Crippen LogP contribution is -1.80. The topological polar surface area (TPSA) is 51.8 Å². The molecule has 0 aliphatic carbocycles. The highest BCUT2D eigenvalue weighted by atomic mass is 79.9. The summed E-state index contributed by atoms with van der Waals surface area (Å²) in [7, 11) is 0. The Labute approximate surface area is 102 Å². The van der Waals surface area contributed by atoms with Crippen molar-refractivity contribution in [3.8, 4) is 10.6 Å². The van der Waals surface area contributed by atoms with E-state index < -0.39 is 0 Å². The SMILES string of the molecule is Nc1nnc(-c2ccc(Br)c(Br)c2)s1. The first kappa shape index (κ1) is 10.1. The molecule has 0 radical (unpaired) electrons. The molecule has 0 atom stereocenters. The molecule has 0 unspecified atom stereocenters. The van der Waals surface area contributed by atoms with E-state index >= 15 is 0 Å². The smallest absolute Gasteiger partial charge is 0.203 e. The summed E-state index contributed by atoms with van der Waals surface area (Å²) in [5.74, 6) is 0. The predicted octanol–water partition coefficient (Wildman–Crippen LogP) is 3.31. The van der Waals surface area contributed by atoms with Gasteiger partial charge in [-0.05, 0) is 44.0 Å². The number of benzene rings is 1. The van der Waals surface area contributed by atoms with Gasteiger partial charge in [0, 0.05) is 14.5 Å². The summed E-state index contributed by atoms with van der Waals surface area (Å²) in [5, 5.41) is 9.04. The van der Waals surface area contributed by atoms with E-state index in [4.69, 9.17) is 5.73 Å². The minimum atomic E-state index is 0.485. The van der Waals surface area contributed by atoms with Gasteiger partial charge in [-0.25, -0.2) is 0 Å². The van der Waals surface area contributed by atoms with Crippen molar-refractivity contribution in [3.63, 3.8) is 0 Å². The Hall–Kier alpha value is -0.460. The van der Waals surface area contributed by atoms with Crippen LogP contribution in [0.4, 0.5) is 5.13 Å². The third-order valence-electron chi connectivity index (χ3n) is 1.61. The molecule has 0 fully saturated rings. The molecule has 1 aromatic heterocycles. The molecule has 1 heterocycles. The standard InChI is InChI=1S/C8H5Br2N3S/c9-5-2-1-4(3-6(5)10)7-12-13-8(11)14-7/h1-3H,(H2,11,13). The Bertz CT molecular complexity index is 469. The second-order valence-electron chi connectivity index (χ2n) is 2.57. The number of rotatable bonds is 1. The van der Waals surface area contributed by atoms with Crippen LogP contribution < -0.4 is 5.73 Å². The van der Waals surface area contributed by atoms with Crippen molar-refractivity contribution in [1.29, 1.82) is 0 Å². The fraction of sp³-hybridized carbons (Fsp3) is 0. The maximum absolute atomic E-state index is 5.51. The molecular weight excluding hydrogens is 330 g/mol. The molecule has 0 aliphatic heterocycles. The van der Waals surface area contributed by atoms with Gasteiger partial charge in [0.1, 0.15) is 5.01 Å². The minimum Gasteiger partial charge on any atom is -0.374 e. The van der Waals surface area contributed by atoms with Crippen molar-refractivity contribution < 1.29 is 0 Å². The molecule has 0 bridgehead atoms. The molecule has 0 spiro atoms. The van der Waals surface area contributed by atoms with E-state index in [1.165, 1.54) is 11.3 Å². The molecule has 0 amide bonds. The normalized spacial score (nSPS) is 10.4. The second kappa shape index (κ2) is 3.96. The van der Waals surface area contributed by atoms with E-state index in [0.717, 1.165) is 19.5 Å². The zero-order valence-electron chi connectivity index (χ0n) is 6.87.